The predicted octanol–water partition coefficient (Wildman–Crippen LogP) is 6.63. The van der Waals surface area contributed by atoms with Crippen LogP contribution in [0.5, 0.6) is 0 Å². The minimum atomic E-state index is -2.91. The van der Waals surface area contributed by atoms with Gasteiger partial charge in [0.1, 0.15) is 6.10 Å². The Labute approximate surface area is 277 Å². The topological polar surface area (TPSA) is 44.8 Å². The van der Waals surface area contributed by atoms with Gasteiger partial charge in [0.25, 0.3) is 23.1 Å². The first-order valence-corrected chi connectivity index (χ1v) is 20.1. The lowest BCUT2D eigenvalue weighted by atomic mass is 10.0. The Morgan fingerprint density at radius 1 is 0.652 bits per heavy atom. The summed E-state index contributed by atoms with van der Waals surface area (Å²) < 4.78 is 20.8. The van der Waals surface area contributed by atoms with Crippen LogP contribution in [-0.4, -0.2) is 41.9 Å². The molecule has 1 saturated carbocycles. The lowest BCUT2D eigenvalue weighted by Crippen LogP contribution is -2.68. The summed E-state index contributed by atoms with van der Waals surface area (Å²) in [6, 6.07) is 42.7. The summed E-state index contributed by atoms with van der Waals surface area (Å²) in [5.74, 6) is -0.173. The van der Waals surface area contributed by atoms with Crippen LogP contribution in [0, 0.1) is 5.92 Å². The average molecular weight is 649 g/mol. The molecule has 0 amide bonds. The van der Waals surface area contributed by atoms with E-state index in [1.54, 1.807) is 0 Å². The zero-order valence-electron chi connectivity index (χ0n) is 28.1. The molecule has 0 heterocycles. The van der Waals surface area contributed by atoms with Gasteiger partial charge in [-0.1, -0.05) is 169 Å². The van der Waals surface area contributed by atoms with Crippen LogP contribution in [0.3, 0.4) is 0 Å². The molecule has 46 heavy (non-hydrogen) atoms. The Morgan fingerprint density at radius 2 is 1.02 bits per heavy atom. The van der Waals surface area contributed by atoms with Gasteiger partial charge in [0, 0.05) is 18.9 Å². The second kappa shape index (κ2) is 13.7. The Hall–Kier alpha value is -3.56. The number of hydrogen-bond acceptors (Lipinski definition) is 4. The third-order valence-corrected chi connectivity index (χ3v) is 19.7. The number of carbonyl (C=O) groups excluding carboxylic acids is 1. The van der Waals surface area contributed by atoms with Crippen molar-refractivity contribution in [2.24, 2.45) is 5.92 Å². The van der Waals surface area contributed by atoms with Crippen molar-refractivity contribution < 1.29 is 18.4 Å². The maximum atomic E-state index is 11.7. The van der Waals surface area contributed by atoms with Gasteiger partial charge >= 0.3 is 0 Å². The highest BCUT2D eigenvalue weighted by molar-refractivity contribution is 7.00. The van der Waals surface area contributed by atoms with E-state index in [2.05, 4.69) is 169 Å². The minimum Gasteiger partial charge on any atom is -0.460 e. The maximum absolute atomic E-state index is 11.7. The SMILES string of the molecule is C=C1[C@H](OC=O)C[C@H](O[Si](c2ccccc2)(c2ccccc2)C(C)(C)C)[C@H]1CO[Si](c1ccccc1)(c1ccccc1)C(C)(C)C. The lowest BCUT2D eigenvalue weighted by molar-refractivity contribution is -0.132. The molecule has 4 nitrogen and oxygen atoms in total. The van der Waals surface area contributed by atoms with Crippen LogP contribution in [0.2, 0.25) is 10.1 Å². The van der Waals surface area contributed by atoms with Gasteiger partial charge in [-0.2, -0.15) is 0 Å². The molecule has 3 atom stereocenters. The van der Waals surface area contributed by atoms with E-state index in [9.17, 15) is 4.79 Å². The first-order chi connectivity index (χ1) is 22.0. The minimum absolute atomic E-state index is 0.173. The molecule has 0 bridgehead atoms. The van der Waals surface area contributed by atoms with Crippen LogP contribution in [0.25, 0.3) is 0 Å². The molecule has 0 aliphatic heterocycles. The molecule has 0 radical (unpaired) electrons. The molecule has 0 aromatic heterocycles. The van der Waals surface area contributed by atoms with Crippen molar-refractivity contribution in [3.8, 4) is 0 Å². The van der Waals surface area contributed by atoms with Crippen molar-refractivity contribution in [3.63, 3.8) is 0 Å². The maximum Gasteiger partial charge on any atom is 0.293 e. The summed E-state index contributed by atoms with van der Waals surface area (Å²) in [5.41, 5.74) is 0.855. The zero-order valence-corrected chi connectivity index (χ0v) is 30.1. The molecule has 0 N–H and O–H groups in total. The molecule has 0 unspecified atom stereocenters. The molecule has 1 fully saturated rings. The van der Waals surface area contributed by atoms with Gasteiger partial charge in [0.15, 0.2) is 0 Å². The third-order valence-electron chi connectivity index (χ3n) is 9.65. The van der Waals surface area contributed by atoms with Gasteiger partial charge in [-0.05, 0) is 36.4 Å². The highest BCUT2D eigenvalue weighted by Crippen LogP contribution is 2.44. The summed E-state index contributed by atoms with van der Waals surface area (Å²) >= 11 is 0. The van der Waals surface area contributed by atoms with Crippen LogP contribution in [0.1, 0.15) is 48.0 Å². The Morgan fingerprint density at radius 3 is 1.37 bits per heavy atom. The van der Waals surface area contributed by atoms with E-state index in [1.165, 1.54) is 20.7 Å². The monoisotopic (exact) mass is 648 g/mol. The van der Waals surface area contributed by atoms with Crippen molar-refractivity contribution >= 4 is 43.9 Å². The standard InChI is InChI=1S/C40H48O4Si2/c1-31-36(29-43-45(39(2,3)4,32-20-12-8-13-21-32)33-22-14-9-15-23-33)38(28-37(31)42-30-41)44-46(40(5,6)7,34-24-16-10-17-25-34)35-26-18-11-19-27-35/h8-27,30,36-38H,1,28-29H2,2-7H3/t36-,37+,38-/m0/s1. The van der Waals surface area contributed by atoms with Gasteiger partial charge in [0.05, 0.1) is 6.10 Å². The number of ether oxygens (including phenoxy) is 1. The van der Waals surface area contributed by atoms with E-state index in [-0.39, 0.29) is 22.1 Å². The third kappa shape index (κ3) is 6.24. The first-order valence-electron chi connectivity index (χ1n) is 16.3. The van der Waals surface area contributed by atoms with Gasteiger partial charge in [-0.3, -0.25) is 4.79 Å². The number of hydrogen-bond donors (Lipinski definition) is 0. The fraction of sp³-hybridized carbons (Fsp3) is 0.325. The molecule has 6 heteroatoms. The van der Waals surface area contributed by atoms with Gasteiger partial charge < -0.3 is 13.6 Å². The fourth-order valence-electron chi connectivity index (χ4n) is 7.45. The predicted molar refractivity (Wildman–Crippen MR) is 194 cm³/mol. The van der Waals surface area contributed by atoms with E-state index in [4.69, 9.17) is 13.6 Å². The van der Waals surface area contributed by atoms with Crippen LogP contribution in [0.15, 0.2) is 133 Å². The summed E-state index contributed by atoms with van der Waals surface area (Å²) in [4.78, 5) is 11.7. The highest BCUT2D eigenvalue weighted by atomic mass is 28.4. The van der Waals surface area contributed by atoms with E-state index >= 15 is 0 Å². The molecular formula is C40H48O4Si2. The summed E-state index contributed by atoms with van der Waals surface area (Å²) in [5, 5.41) is 4.49. The number of rotatable bonds is 11. The van der Waals surface area contributed by atoms with Crippen LogP contribution in [-0.2, 0) is 18.4 Å². The largest absolute Gasteiger partial charge is 0.460 e. The normalized spacial score (nSPS) is 19.2. The van der Waals surface area contributed by atoms with E-state index in [0.29, 0.717) is 19.5 Å². The first kappa shape index (κ1) is 33.8. The highest BCUT2D eigenvalue weighted by Gasteiger charge is 2.56. The van der Waals surface area contributed by atoms with Crippen LogP contribution >= 0.6 is 0 Å². The van der Waals surface area contributed by atoms with E-state index in [1.807, 2.05) is 0 Å². The molecule has 0 saturated heterocycles. The Balaban J connectivity index is 1.62. The van der Waals surface area contributed by atoms with Crippen LogP contribution in [0.4, 0.5) is 0 Å². The summed E-state index contributed by atoms with van der Waals surface area (Å²) in [6.07, 6.45) is -0.160. The summed E-state index contributed by atoms with van der Waals surface area (Å²) in [7, 11) is -5.74. The van der Waals surface area contributed by atoms with E-state index < -0.39 is 22.7 Å². The molecule has 5 rings (SSSR count). The quantitative estimate of drug-likeness (QED) is 0.104. The summed E-state index contributed by atoms with van der Waals surface area (Å²) in [6.45, 7) is 19.2. The van der Waals surface area contributed by atoms with Gasteiger partial charge in [-0.15, -0.1) is 0 Å². The Kier molecular flexibility index (Phi) is 10.0. The van der Waals surface area contributed by atoms with Crippen LogP contribution < -0.4 is 20.7 Å². The zero-order chi connectivity index (χ0) is 33.0. The van der Waals surface area contributed by atoms with Gasteiger partial charge in [-0.25, -0.2) is 0 Å². The van der Waals surface area contributed by atoms with Crippen molar-refractivity contribution in [1.82, 2.24) is 0 Å². The number of benzene rings is 4. The molecule has 4 aromatic rings. The molecule has 1 aliphatic carbocycles. The molecular weight excluding hydrogens is 601 g/mol. The fourth-order valence-corrected chi connectivity index (χ4v) is 16.8. The molecule has 0 spiro atoms. The lowest BCUT2D eigenvalue weighted by Gasteiger charge is -2.46. The van der Waals surface area contributed by atoms with Crippen molar-refractivity contribution in [2.45, 2.75) is 70.2 Å². The van der Waals surface area contributed by atoms with E-state index in [0.717, 1.165) is 5.57 Å². The van der Waals surface area contributed by atoms with Gasteiger partial charge in [0.2, 0.25) is 0 Å². The molecule has 4 aromatic carbocycles. The number of carbonyl (C=O) groups is 1. The molecule has 1 aliphatic rings. The van der Waals surface area contributed by atoms with Crippen molar-refractivity contribution in [1.29, 1.82) is 0 Å². The molecule has 240 valence electrons. The average Bonchev–Trinajstić information content (AvgIpc) is 3.34. The second-order valence-corrected chi connectivity index (χ2v) is 23.0. The Bertz CT molecular complexity index is 1500. The smallest absolute Gasteiger partial charge is 0.293 e. The van der Waals surface area contributed by atoms with Crippen molar-refractivity contribution in [3.05, 3.63) is 133 Å². The second-order valence-electron chi connectivity index (χ2n) is 14.4. The van der Waals surface area contributed by atoms with Crippen molar-refractivity contribution in [2.75, 3.05) is 6.61 Å².